The summed E-state index contributed by atoms with van der Waals surface area (Å²) in [6.07, 6.45) is 1.14. The Bertz CT molecular complexity index is 444. The van der Waals surface area contributed by atoms with Crippen LogP contribution in [0.4, 0.5) is 5.69 Å². The van der Waals surface area contributed by atoms with Gasteiger partial charge in [-0.3, -0.25) is 0 Å². The molecule has 18 heavy (non-hydrogen) atoms. The van der Waals surface area contributed by atoms with Crippen molar-refractivity contribution in [3.05, 3.63) is 29.8 Å². The summed E-state index contributed by atoms with van der Waals surface area (Å²) in [6, 6.07) is 8.34. The molecule has 1 aromatic rings. The Morgan fingerprint density at radius 2 is 2.17 bits per heavy atom. The zero-order chi connectivity index (χ0) is 13.1. The van der Waals surface area contributed by atoms with Crippen molar-refractivity contribution in [2.45, 2.75) is 12.5 Å². The first kappa shape index (κ1) is 12.7. The molecular weight excluding hydrogens is 228 g/mol. The molecule has 0 spiro atoms. The maximum absolute atomic E-state index is 8.83. The first-order chi connectivity index (χ1) is 8.63. The number of rotatable bonds is 3. The fraction of sp³-hybridized carbons (Fsp3) is 0.462. The third-order valence-electron chi connectivity index (χ3n) is 3.52. The fourth-order valence-electron chi connectivity index (χ4n) is 2.40. The maximum atomic E-state index is 8.83. The maximum Gasteiger partial charge on any atom is 0.172 e. The molecule has 1 fully saturated rings. The van der Waals surface area contributed by atoms with E-state index in [4.69, 9.17) is 10.9 Å². The van der Waals surface area contributed by atoms with Gasteiger partial charge in [0, 0.05) is 30.4 Å². The molecule has 1 saturated heterocycles. The molecule has 1 aliphatic heterocycles. The summed E-state index contributed by atoms with van der Waals surface area (Å²) in [4.78, 5) is 4.53. The van der Waals surface area contributed by atoms with E-state index in [2.05, 4.69) is 29.1 Å². The highest BCUT2D eigenvalue weighted by Gasteiger charge is 2.25. The molecule has 1 aromatic carbocycles. The van der Waals surface area contributed by atoms with E-state index in [1.807, 2.05) is 24.3 Å². The van der Waals surface area contributed by atoms with Crippen molar-refractivity contribution in [2.75, 3.05) is 32.1 Å². The second-order valence-corrected chi connectivity index (χ2v) is 4.85. The predicted molar refractivity (Wildman–Crippen MR) is 73.3 cm³/mol. The van der Waals surface area contributed by atoms with Crippen LogP contribution in [0.15, 0.2) is 29.4 Å². The van der Waals surface area contributed by atoms with Crippen molar-refractivity contribution in [3.63, 3.8) is 0 Å². The van der Waals surface area contributed by atoms with E-state index in [0.717, 1.165) is 30.8 Å². The largest absolute Gasteiger partial charge is 0.409 e. The molecule has 0 amide bonds. The van der Waals surface area contributed by atoms with Gasteiger partial charge in [-0.1, -0.05) is 17.3 Å². The van der Waals surface area contributed by atoms with E-state index < -0.39 is 0 Å². The van der Waals surface area contributed by atoms with Gasteiger partial charge in [-0.05, 0) is 32.6 Å². The SMILES string of the molecule is CN(C)C1CCN(c2ccccc2C(N)=NO)C1. The highest BCUT2D eigenvalue weighted by molar-refractivity contribution is 6.02. The van der Waals surface area contributed by atoms with E-state index in [1.165, 1.54) is 0 Å². The van der Waals surface area contributed by atoms with Gasteiger partial charge in [0.15, 0.2) is 5.84 Å². The normalized spacial score (nSPS) is 20.7. The fourth-order valence-corrected chi connectivity index (χ4v) is 2.40. The van der Waals surface area contributed by atoms with E-state index in [-0.39, 0.29) is 5.84 Å². The molecular formula is C13H20N4O. The van der Waals surface area contributed by atoms with Gasteiger partial charge >= 0.3 is 0 Å². The Morgan fingerprint density at radius 1 is 1.44 bits per heavy atom. The third kappa shape index (κ3) is 2.41. The second kappa shape index (κ2) is 5.27. The van der Waals surface area contributed by atoms with Crippen molar-refractivity contribution < 1.29 is 5.21 Å². The molecule has 0 bridgehead atoms. The van der Waals surface area contributed by atoms with Crippen LogP contribution in [0.2, 0.25) is 0 Å². The number of benzene rings is 1. The molecule has 0 aliphatic carbocycles. The highest BCUT2D eigenvalue weighted by Crippen LogP contribution is 2.25. The molecule has 1 aliphatic rings. The van der Waals surface area contributed by atoms with Crippen LogP contribution in [-0.4, -0.2) is 49.2 Å². The quantitative estimate of drug-likeness (QED) is 0.361. The number of hydrogen-bond donors (Lipinski definition) is 2. The summed E-state index contributed by atoms with van der Waals surface area (Å²) in [5.74, 6) is 0.166. The first-order valence-corrected chi connectivity index (χ1v) is 6.11. The predicted octanol–water partition coefficient (Wildman–Crippen LogP) is 0.921. The third-order valence-corrected chi connectivity index (χ3v) is 3.52. The Balaban J connectivity index is 2.25. The van der Waals surface area contributed by atoms with Crippen LogP contribution in [0.25, 0.3) is 0 Å². The number of nitrogens with zero attached hydrogens (tertiary/aromatic N) is 3. The molecule has 0 aromatic heterocycles. The summed E-state index contributed by atoms with van der Waals surface area (Å²) in [6.45, 7) is 1.97. The van der Waals surface area contributed by atoms with Crippen LogP contribution in [0, 0.1) is 0 Å². The number of nitrogens with two attached hydrogens (primary N) is 1. The molecule has 98 valence electrons. The summed E-state index contributed by atoms with van der Waals surface area (Å²) < 4.78 is 0. The number of oxime groups is 1. The smallest absolute Gasteiger partial charge is 0.172 e. The lowest BCUT2D eigenvalue weighted by Gasteiger charge is -2.23. The average Bonchev–Trinajstić information content (AvgIpc) is 2.87. The van der Waals surface area contributed by atoms with Gasteiger partial charge < -0.3 is 20.7 Å². The van der Waals surface area contributed by atoms with Crippen molar-refractivity contribution in [1.29, 1.82) is 0 Å². The van der Waals surface area contributed by atoms with Crippen LogP contribution < -0.4 is 10.6 Å². The number of likely N-dealkylation sites (N-methyl/N-ethyl adjacent to an activating group) is 1. The van der Waals surface area contributed by atoms with E-state index in [1.54, 1.807) is 0 Å². The Kier molecular flexibility index (Phi) is 3.72. The van der Waals surface area contributed by atoms with Gasteiger partial charge in [-0.15, -0.1) is 0 Å². The Morgan fingerprint density at radius 3 is 2.78 bits per heavy atom. The summed E-state index contributed by atoms with van der Waals surface area (Å²) in [7, 11) is 4.20. The monoisotopic (exact) mass is 248 g/mol. The standard InChI is InChI=1S/C13H20N4O/c1-16(2)10-7-8-17(9-10)12-6-4-3-5-11(12)13(14)15-18/h3-6,10,18H,7-9H2,1-2H3,(H2,14,15). The zero-order valence-electron chi connectivity index (χ0n) is 10.9. The lowest BCUT2D eigenvalue weighted by atomic mass is 10.1. The van der Waals surface area contributed by atoms with Gasteiger partial charge in [-0.2, -0.15) is 0 Å². The van der Waals surface area contributed by atoms with Gasteiger partial charge in [0.2, 0.25) is 0 Å². The van der Waals surface area contributed by atoms with Gasteiger partial charge in [0.25, 0.3) is 0 Å². The summed E-state index contributed by atoms with van der Waals surface area (Å²) >= 11 is 0. The van der Waals surface area contributed by atoms with Crippen LogP contribution in [0.5, 0.6) is 0 Å². The lowest BCUT2D eigenvalue weighted by molar-refractivity contribution is 0.315. The summed E-state index contributed by atoms with van der Waals surface area (Å²) in [5, 5.41) is 11.9. The second-order valence-electron chi connectivity index (χ2n) is 4.85. The van der Waals surface area contributed by atoms with Crippen LogP contribution in [0.3, 0.4) is 0 Å². The van der Waals surface area contributed by atoms with Crippen molar-refractivity contribution >= 4 is 11.5 Å². The van der Waals surface area contributed by atoms with E-state index >= 15 is 0 Å². The molecule has 0 radical (unpaired) electrons. The molecule has 5 heteroatoms. The lowest BCUT2D eigenvalue weighted by Crippen LogP contribution is -2.32. The van der Waals surface area contributed by atoms with Crippen LogP contribution >= 0.6 is 0 Å². The minimum Gasteiger partial charge on any atom is -0.409 e. The molecule has 1 heterocycles. The highest BCUT2D eigenvalue weighted by atomic mass is 16.4. The van der Waals surface area contributed by atoms with E-state index in [9.17, 15) is 0 Å². The molecule has 2 rings (SSSR count). The molecule has 0 saturated carbocycles. The van der Waals surface area contributed by atoms with Gasteiger partial charge in [0.1, 0.15) is 0 Å². The molecule has 5 nitrogen and oxygen atoms in total. The molecule has 1 atom stereocenters. The molecule has 1 unspecified atom stereocenters. The van der Waals surface area contributed by atoms with Crippen LogP contribution in [-0.2, 0) is 0 Å². The number of anilines is 1. The van der Waals surface area contributed by atoms with E-state index in [0.29, 0.717) is 6.04 Å². The zero-order valence-corrected chi connectivity index (χ0v) is 10.9. The van der Waals surface area contributed by atoms with Crippen molar-refractivity contribution in [3.8, 4) is 0 Å². The Hall–Kier alpha value is -1.75. The molecule has 3 N–H and O–H groups in total. The van der Waals surface area contributed by atoms with Crippen LogP contribution in [0.1, 0.15) is 12.0 Å². The number of amidine groups is 1. The van der Waals surface area contributed by atoms with Gasteiger partial charge in [0.05, 0.1) is 0 Å². The summed E-state index contributed by atoms with van der Waals surface area (Å²) in [5.41, 5.74) is 7.55. The Labute approximate surface area is 107 Å². The first-order valence-electron chi connectivity index (χ1n) is 6.11. The number of hydrogen-bond acceptors (Lipinski definition) is 4. The minimum absolute atomic E-state index is 0.166. The van der Waals surface area contributed by atoms with Crippen molar-refractivity contribution in [1.82, 2.24) is 4.90 Å². The van der Waals surface area contributed by atoms with Gasteiger partial charge in [-0.25, -0.2) is 0 Å². The topological polar surface area (TPSA) is 65.1 Å². The minimum atomic E-state index is 0.166. The van der Waals surface area contributed by atoms with Crippen molar-refractivity contribution in [2.24, 2.45) is 10.9 Å². The number of para-hydroxylation sites is 1. The average molecular weight is 248 g/mol.